The van der Waals surface area contributed by atoms with Crippen LogP contribution in [0.1, 0.15) is 11.1 Å². The number of hydrogen-bond donors (Lipinski definition) is 2. The van der Waals surface area contributed by atoms with E-state index in [0.29, 0.717) is 37.6 Å². The van der Waals surface area contributed by atoms with Crippen molar-refractivity contribution in [2.24, 2.45) is 11.8 Å². The maximum absolute atomic E-state index is 13.5. The topological polar surface area (TPSA) is 92.9 Å². The number of fused-ring (bicyclic) bond motifs is 3. The van der Waals surface area contributed by atoms with E-state index in [9.17, 15) is 9.59 Å². The number of likely N-dealkylation sites (tertiary alicyclic amines) is 1. The third kappa shape index (κ3) is 3.16. The predicted octanol–water partition coefficient (Wildman–Crippen LogP) is 2.54. The molecule has 0 radical (unpaired) electrons. The van der Waals surface area contributed by atoms with E-state index in [-0.39, 0.29) is 24.7 Å². The molecule has 2 N–H and O–H groups in total. The van der Waals surface area contributed by atoms with Gasteiger partial charge >= 0.3 is 0 Å². The normalized spacial score (nSPS) is 27.7. The van der Waals surface area contributed by atoms with Crippen molar-refractivity contribution in [2.45, 2.75) is 24.7 Å². The maximum Gasteiger partial charge on any atom is 0.231 e. The highest BCUT2D eigenvalue weighted by atomic mass is 16.7. The molecule has 2 fully saturated rings. The van der Waals surface area contributed by atoms with Gasteiger partial charge in [0, 0.05) is 30.2 Å². The molecule has 4 aliphatic heterocycles. The summed E-state index contributed by atoms with van der Waals surface area (Å²) in [5, 5.41) is 4.23. The lowest BCUT2D eigenvalue weighted by molar-refractivity contribution is -0.137. The van der Waals surface area contributed by atoms with Gasteiger partial charge in [0.2, 0.25) is 18.6 Å². The first-order valence-electron chi connectivity index (χ1n) is 12.0. The average Bonchev–Trinajstić information content (AvgIpc) is 3.67. The van der Waals surface area contributed by atoms with E-state index in [0.717, 1.165) is 22.0 Å². The molecule has 0 saturated carbocycles. The number of rotatable bonds is 6. The summed E-state index contributed by atoms with van der Waals surface area (Å²) in [6, 6.07) is 13.8. The number of benzene rings is 2. The van der Waals surface area contributed by atoms with Crippen molar-refractivity contribution >= 4 is 22.7 Å². The van der Waals surface area contributed by atoms with Crippen molar-refractivity contribution in [3.8, 4) is 11.5 Å². The molecule has 3 aromatic rings. The lowest BCUT2D eigenvalue weighted by atomic mass is 9.77. The fourth-order valence-electron chi connectivity index (χ4n) is 6.05. The number of aromatic nitrogens is 1. The van der Waals surface area contributed by atoms with Crippen LogP contribution in [-0.2, 0) is 27.3 Å². The SMILES string of the molecule is O=C(NCCc1c[nH]c2ccccc12)[C@@H]1[C@H]2C(=O)N(Cc3ccc4c(c3)OCO4)C[C@]23C=C[C@H]1O3. The third-order valence-electron chi connectivity index (χ3n) is 7.66. The molecule has 8 nitrogen and oxygen atoms in total. The molecule has 2 aromatic carbocycles. The van der Waals surface area contributed by atoms with Gasteiger partial charge in [-0.25, -0.2) is 0 Å². The van der Waals surface area contributed by atoms with E-state index in [1.165, 1.54) is 0 Å². The zero-order chi connectivity index (χ0) is 23.6. The standard InChI is InChI=1S/C27H25N3O5/c31-25(28-10-8-17-12-29-19-4-2-1-3-18(17)19)23-21-7-9-27(35-21)14-30(26(32)24(23)27)13-16-5-6-20-22(11-16)34-15-33-20/h1-7,9,11-12,21,23-24,29H,8,10,13-15H2,(H,28,31)/t21-,23+,24+,27-/m1/s1. The summed E-state index contributed by atoms with van der Waals surface area (Å²) >= 11 is 0. The molecule has 178 valence electrons. The first-order valence-corrected chi connectivity index (χ1v) is 12.0. The summed E-state index contributed by atoms with van der Waals surface area (Å²) in [5.74, 6) is 0.232. The van der Waals surface area contributed by atoms with Crippen LogP contribution in [0.15, 0.2) is 60.8 Å². The summed E-state index contributed by atoms with van der Waals surface area (Å²) in [6.07, 6.45) is 6.27. The van der Waals surface area contributed by atoms with Gasteiger partial charge in [0.1, 0.15) is 5.60 Å². The molecule has 1 spiro atoms. The van der Waals surface area contributed by atoms with E-state index in [1.807, 2.05) is 54.7 Å². The van der Waals surface area contributed by atoms with E-state index >= 15 is 0 Å². The molecule has 4 aliphatic rings. The Kier molecular flexibility index (Phi) is 4.48. The molecular formula is C27H25N3O5. The highest BCUT2D eigenvalue weighted by molar-refractivity contribution is 5.93. The summed E-state index contributed by atoms with van der Waals surface area (Å²) in [7, 11) is 0. The molecule has 0 unspecified atom stereocenters. The number of carbonyl (C=O) groups excluding carboxylic acids is 2. The van der Waals surface area contributed by atoms with Crippen molar-refractivity contribution in [3.05, 3.63) is 71.9 Å². The van der Waals surface area contributed by atoms with Crippen LogP contribution in [0, 0.1) is 11.8 Å². The Morgan fingerprint density at radius 3 is 3.00 bits per heavy atom. The van der Waals surface area contributed by atoms with Gasteiger partial charge in [-0.15, -0.1) is 0 Å². The van der Waals surface area contributed by atoms with Crippen LogP contribution in [0.3, 0.4) is 0 Å². The quantitative estimate of drug-likeness (QED) is 0.539. The van der Waals surface area contributed by atoms with E-state index in [4.69, 9.17) is 14.2 Å². The molecule has 4 atom stereocenters. The third-order valence-corrected chi connectivity index (χ3v) is 7.66. The molecule has 2 amide bonds. The van der Waals surface area contributed by atoms with Gasteiger partial charge in [-0.1, -0.05) is 36.4 Å². The summed E-state index contributed by atoms with van der Waals surface area (Å²) < 4.78 is 17.1. The number of para-hydroxylation sites is 1. The lowest BCUT2D eigenvalue weighted by Crippen LogP contribution is -2.44. The Hall–Kier alpha value is -3.78. The zero-order valence-electron chi connectivity index (χ0n) is 19.0. The molecular weight excluding hydrogens is 446 g/mol. The average molecular weight is 472 g/mol. The van der Waals surface area contributed by atoms with Crippen molar-refractivity contribution in [2.75, 3.05) is 19.9 Å². The summed E-state index contributed by atoms with van der Waals surface area (Å²) in [6.45, 7) is 1.59. The number of nitrogens with one attached hydrogen (secondary N) is 2. The molecule has 35 heavy (non-hydrogen) atoms. The fourth-order valence-corrected chi connectivity index (χ4v) is 6.05. The van der Waals surface area contributed by atoms with Gasteiger partial charge in [-0.2, -0.15) is 0 Å². The minimum absolute atomic E-state index is 0.0358. The second-order valence-electron chi connectivity index (χ2n) is 9.68. The van der Waals surface area contributed by atoms with Crippen LogP contribution in [0.5, 0.6) is 11.5 Å². The first-order chi connectivity index (χ1) is 17.1. The van der Waals surface area contributed by atoms with E-state index in [1.54, 1.807) is 4.90 Å². The molecule has 8 heteroatoms. The number of carbonyl (C=O) groups is 2. The van der Waals surface area contributed by atoms with Crippen molar-refractivity contribution in [3.63, 3.8) is 0 Å². The first kappa shape index (κ1) is 20.6. The second-order valence-corrected chi connectivity index (χ2v) is 9.68. The second kappa shape index (κ2) is 7.61. The summed E-state index contributed by atoms with van der Waals surface area (Å²) in [5.41, 5.74) is 2.48. The minimum Gasteiger partial charge on any atom is -0.454 e. The molecule has 1 aromatic heterocycles. The number of nitrogens with zero attached hydrogens (tertiary/aromatic N) is 1. The van der Waals surface area contributed by atoms with Crippen molar-refractivity contribution in [1.29, 1.82) is 0 Å². The van der Waals surface area contributed by atoms with Crippen LogP contribution in [0.2, 0.25) is 0 Å². The highest BCUT2D eigenvalue weighted by Gasteiger charge is 2.66. The van der Waals surface area contributed by atoms with Gasteiger partial charge in [0.15, 0.2) is 11.5 Å². The maximum atomic E-state index is 13.5. The van der Waals surface area contributed by atoms with Gasteiger partial charge in [-0.3, -0.25) is 9.59 Å². The Labute approximate surface area is 201 Å². The monoisotopic (exact) mass is 471 g/mol. The summed E-state index contributed by atoms with van der Waals surface area (Å²) in [4.78, 5) is 31.8. The van der Waals surface area contributed by atoms with Crippen molar-refractivity contribution in [1.82, 2.24) is 15.2 Å². The van der Waals surface area contributed by atoms with Crippen molar-refractivity contribution < 1.29 is 23.8 Å². The van der Waals surface area contributed by atoms with Gasteiger partial charge in [-0.05, 0) is 35.7 Å². The van der Waals surface area contributed by atoms with Gasteiger partial charge in [0.25, 0.3) is 0 Å². The smallest absolute Gasteiger partial charge is 0.231 e. The Balaban J connectivity index is 1.04. The minimum atomic E-state index is -0.725. The number of H-pyrrole nitrogens is 1. The lowest BCUT2D eigenvalue weighted by Gasteiger charge is -2.23. The molecule has 0 aliphatic carbocycles. The van der Waals surface area contributed by atoms with Crippen LogP contribution >= 0.6 is 0 Å². The van der Waals surface area contributed by atoms with Crippen LogP contribution in [-0.4, -0.2) is 53.3 Å². The number of hydrogen-bond acceptors (Lipinski definition) is 5. The number of ether oxygens (including phenoxy) is 3. The van der Waals surface area contributed by atoms with Gasteiger partial charge in [0.05, 0.1) is 24.5 Å². The number of aromatic amines is 1. The Morgan fingerprint density at radius 1 is 1.17 bits per heavy atom. The highest BCUT2D eigenvalue weighted by Crippen LogP contribution is 2.52. The molecule has 7 rings (SSSR count). The Morgan fingerprint density at radius 2 is 2.06 bits per heavy atom. The van der Waals surface area contributed by atoms with Crippen LogP contribution in [0.4, 0.5) is 0 Å². The van der Waals surface area contributed by atoms with E-state index in [2.05, 4.69) is 16.4 Å². The van der Waals surface area contributed by atoms with Crippen LogP contribution < -0.4 is 14.8 Å². The fraction of sp³-hybridized carbons (Fsp3) is 0.333. The van der Waals surface area contributed by atoms with Crippen LogP contribution in [0.25, 0.3) is 10.9 Å². The van der Waals surface area contributed by atoms with Gasteiger partial charge < -0.3 is 29.4 Å². The molecule has 2 saturated heterocycles. The Bertz CT molecular complexity index is 1380. The largest absolute Gasteiger partial charge is 0.454 e. The molecule has 2 bridgehead atoms. The zero-order valence-corrected chi connectivity index (χ0v) is 19.0. The number of amides is 2. The molecule has 5 heterocycles. The van der Waals surface area contributed by atoms with E-state index < -0.39 is 17.4 Å². The predicted molar refractivity (Wildman–Crippen MR) is 127 cm³/mol.